The van der Waals surface area contributed by atoms with Gasteiger partial charge in [0.15, 0.2) is 0 Å². The van der Waals surface area contributed by atoms with Crippen LogP contribution in [0.25, 0.3) is 11.3 Å². The molecule has 0 aliphatic heterocycles. The van der Waals surface area contributed by atoms with E-state index >= 15 is 0 Å². The van der Waals surface area contributed by atoms with Crippen molar-refractivity contribution in [2.75, 3.05) is 0 Å². The second kappa shape index (κ2) is 7.17. The molecule has 1 aromatic carbocycles. The molecule has 0 unspecified atom stereocenters. The minimum Gasteiger partial charge on any atom is -0.459 e. The van der Waals surface area contributed by atoms with Crippen LogP contribution in [0.3, 0.4) is 0 Å². The highest BCUT2D eigenvalue weighted by Gasteiger charge is 2.32. The molecule has 25 heavy (non-hydrogen) atoms. The summed E-state index contributed by atoms with van der Waals surface area (Å²) in [6, 6.07) is 2.53. The molecule has 0 bridgehead atoms. The van der Waals surface area contributed by atoms with Gasteiger partial charge in [0.25, 0.3) is 0 Å². The first-order valence-electron chi connectivity index (χ1n) is 6.94. The van der Waals surface area contributed by atoms with E-state index in [1.807, 2.05) is 0 Å². The zero-order chi connectivity index (χ0) is 18.9. The Morgan fingerprint density at radius 3 is 2.32 bits per heavy atom. The summed E-state index contributed by atoms with van der Waals surface area (Å²) < 4.78 is 57.2. The number of carbonyl (C=O) groups excluding carboxylic acids is 1. The molecule has 2 aromatic rings. The Hall–Kier alpha value is -1.86. The minimum absolute atomic E-state index is 0.149. The molecule has 0 saturated carbocycles. The van der Waals surface area contributed by atoms with Crippen LogP contribution in [-0.2, 0) is 10.9 Å². The molecule has 1 aromatic heterocycles. The number of carbonyl (C=O) groups is 1. The Kier molecular flexibility index (Phi) is 5.58. The lowest BCUT2D eigenvalue weighted by atomic mass is 10.1. The van der Waals surface area contributed by atoms with Crippen LogP contribution in [0.15, 0.2) is 24.4 Å². The Morgan fingerprint density at radius 2 is 1.80 bits per heavy atom. The van der Waals surface area contributed by atoms with Gasteiger partial charge in [0.1, 0.15) is 5.82 Å². The molecular weight excluding hydrogens is 385 g/mol. The highest BCUT2D eigenvalue weighted by atomic mass is 35.5. The molecule has 0 radical (unpaired) electrons. The van der Waals surface area contributed by atoms with Crippen molar-refractivity contribution >= 4 is 29.2 Å². The fourth-order valence-electron chi connectivity index (χ4n) is 1.96. The van der Waals surface area contributed by atoms with Crippen molar-refractivity contribution in [3.8, 4) is 11.3 Å². The predicted molar refractivity (Wildman–Crippen MR) is 85.2 cm³/mol. The summed E-state index contributed by atoms with van der Waals surface area (Å²) >= 11 is 11.7. The van der Waals surface area contributed by atoms with Crippen molar-refractivity contribution in [1.82, 2.24) is 4.98 Å². The van der Waals surface area contributed by atoms with Crippen LogP contribution >= 0.6 is 23.2 Å². The van der Waals surface area contributed by atoms with Crippen molar-refractivity contribution in [1.29, 1.82) is 0 Å². The van der Waals surface area contributed by atoms with E-state index in [0.29, 0.717) is 12.3 Å². The second-order valence-corrected chi connectivity index (χ2v) is 6.13. The van der Waals surface area contributed by atoms with Gasteiger partial charge in [0, 0.05) is 11.8 Å². The molecular formula is C16H11Cl2F4NO2. The van der Waals surface area contributed by atoms with Crippen molar-refractivity contribution in [3.63, 3.8) is 0 Å². The van der Waals surface area contributed by atoms with E-state index in [9.17, 15) is 22.4 Å². The highest BCUT2D eigenvalue weighted by molar-refractivity contribution is 6.34. The number of halogens is 6. The monoisotopic (exact) mass is 395 g/mol. The van der Waals surface area contributed by atoms with Gasteiger partial charge in [-0.2, -0.15) is 13.2 Å². The number of nitrogens with zero attached hydrogens (tertiary/aromatic N) is 1. The summed E-state index contributed by atoms with van der Waals surface area (Å²) in [5.74, 6) is -1.69. The first-order chi connectivity index (χ1) is 11.5. The Labute approximate surface area is 150 Å². The summed E-state index contributed by atoms with van der Waals surface area (Å²) in [7, 11) is 0. The van der Waals surface area contributed by atoms with Crippen LogP contribution in [0.4, 0.5) is 17.6 Å². The normalized spacial score (nSPS) is 11.7. The quantitative estimate of drug-likeness (QED) is 0.488. The van der Waals surface area contributed by atoms with Gasteiger partial charge in [0.2, 0.25) is 0 Å². The van der Waals surface area contributed by atoms with Gasteiger partial charge in [-0.15, -0.1) is 0 Å². The maximum absolute atomic E-state index is 14.2. The van der Waals surface area contributed by atoms with E-state index < -0.39 is 34.7 Å². The predicted octanol–water partition coefficient (Wildman–Crippen LogP) is 5.78. The molecule has 3 nitrogen and oxygen atoms in total. The fourth-order valence-corrected chi connectivity index (χ4v) is 2.45. The molecule has 0 aliphatic rings. The smallest absolute Gasteiger partial charge is 0.417 e. The van der Waals surface area contributed by atoms with Crippen LogP contribution in [0.5, 0.6) is 0 Å². The van der Waals surface area contributed by atoms with Gasteiger partial charge in [-0.1, -0.05) is 23.2 Å². The van der Waals surface area contributed by atoms with Crippen LogP contribution < -0.4 is 0 Å². The standard InChI is InChI=1S/C16H11Cl2F4NO2/c1-7(2)25-15(24)9-4-10(13(19)5-11(9)17)14-12(18)3-8(6-23-14)16(20,21)22/h3-7H,1-2H3. The van der Waals surface area contributed by atoms with Crippen LogP contribution in [0, 0.1) is 5.82 Å². The third-order valence-corrected chi connectivity index (χ3v) is 3.64. The molecule has 0 N–H and O–H groups in total. The molecule has 0 atom stereocenters. The van der Waals surface area contributed by atoms with Gasteiger partial charge < -0.3 is 4.74 Å². The second-order valence-electron chi connectivity index (χ2n) is 5.32. The summed E-state index contributed by atoms with van der Waals surface area (Å²) in [5, 5.41) is -0.617. The minimum atomic E-state index is -4.64. The lowest BCUT2D eigenvalue weighted by molar-refractivity contribution is -0.137. The van der Waals surface area contributed by atoms with Crippen molar-refractivity contribution < 1.29 is 27.1 Å². The molecule has 0 saturated heterocycles. The molecule has 134 valence electrons. The highest BCUT2D eigenvalue weighted by Crippen LogP contribution is 2.36. The number of aromatic nitrogens is 1. The maximum atomic E-state index is 14.2. The average molecular weight is 396 g/mol. The number of hydrogen-bond acceptors (Lipinski definition) is 3. The molecule has 9 heteroatoms. The third-order valence-electron chi connectivity index (χ3n) is 3.04. The summed E-state index contributed by atoms with van der Waals surface area (Å²) in [4.78, 5) is 15.6. The van der Waals surface area contributed by atoms with Crippen molar-refractivity contribution in [3.05, 3.63) is 51.4 Å². The van der Waals surface area contributed by atoms with E-state index in [0.717, 1.165) is 12.1 Å². The third kappa shape index (κ3) is 4.41. The summed E-state index contributed by atoms with van der Waals surface area (Å²) in [6.45, 7) is 3.23. The van der Waals surface area contributed by atoms with E-state index in [-0.39, 0.29) is 21.8 Å². The maximum Gasteiger partial charge on any atom is 0.417 e. The number of rotatable bonds is 3. The lowest BCUT2D eigenvalue weighted by Crippen LogP contribution is -2.12. The molecule has 0 aliphatic carbocycles. The van der Waals surface area contributed by atoms with E-state index in [2.05, 4.69) is 4.98 Å². The molecule has 2 rings (SSSR count). The molecule has 0 fully saturated rings. The SMILES string of the molecule is CC(C)OC(=O)c1cc(-c2ncc(C(F)(F)F)cc2Cl)c(F)cc1Cl. The summed E-state index contributed by atoms with van der Waals surface area (Å²) in [5.41, 5.74) is -1.74. The summed E-state index contributed by atoms with van der Waals surface area (Å²) in [6.07, 6.45) is -4.55. The molecule has 0 spiro atoms. The van der Waals surface area contributed by atoms with E-state index in [4.69, 9.17) is 27.9 Å². The first-order valence-corrected chi connectivity index (χ1v) is 7.69. The number of pyridine rings is 1. The molecule has 0 amide bonds. The number of esters is 1. The lowest BCUT2D eigenvalue weighted by Gasteiger charge is -2.13. The topological polar surface area (TPSA) is 39.2 Å². The Balaban J connectivity index is 2.54. The molecule has 1 heterocycles. The van der Waals surface area contributed by atoms with Crippen LogP contribution in [-0.4, -0.2) is 17.1 Å². The first kappa shape index (κ1) is 19.5. The largest absolute Gasteiger partial charge is 0.459 e. The Morgan fingerprint density at radius 1 is 1.16 bits per heavy atom. The Bertz CT molecular complexity index is 823. The van der Waals surface area contributed by atoms with Crippen LogP contribution in [0.1, 0.15) is 29.8 Å². The zero-order valence-electron chi connectivity index (χ0n) is 12.9. The van der Waals surface area contributed by atoms with Gasteiger partial charge in [-0.3, -0.25) is 4.98 Å². The number of hydrogen-bond donors (Lipinski definition) is 0. The van der Waals surface area contributed by atoms with Crippen molar-refractivity contribution in [2.45, 2.75) is 26.1 Å². The number of alkyl halides is 3. The van der Waals surface area contributed by atoms with Crippen molar-refractivity contribution in [2.24, 2.45) is 0 Å². The van der Waals surface area contributed by atoms with Gasteiger partial charge >= 0.3 is 12.1 Å². The van der Waals surface area contributed by atoms with Gasteiger partial charge in [0.05, 0.1) is 33.0 Å². The van der Waals surface area contributed by atoms with E-state index in [1.165, 1.54) is 0 Å². The number of ether oxygens (including phenoxy) is 1. The van der Waals surface area contributed by atoms with Crippen LogP contribution in [0.2, 0.25) is 10.0 Å². The zero-order valence-corrected chi connectivity index (χ0v) is 14.4. The van der Waals surface area contributed by atoms with E-state index in [1.54, 1.807) is 13.8 Å². The van der Waals surface area contributed by atoms with Gasteiger partial charge in [-0.25, -0.2) is 9.18 Å². The van der Waals surface area contributed by atoms with Gasteiger partial charge in [-0.05, 0) is 32.0 Å². The number of benzene rings is 1. The fraction of sp³-hybridized carbons (Fsp3) is 0.250. The average Bonchev–Trinajstić information content (AvgIpc) is 2.46.